The molecule has 0 fully saturated rings. The number of allylic oxidation sites excluding steroid dienone is 4. The summed E-state index contributed by atoms with van der Waals surface area (Å²) in [5.74, 6) is -0.465. The molecule has 0 heterocycles. The molecule has 0 bridgehead atoms. The quantitative estimate of drug-likeness (QED) is 0.460. The van der Waals surface area contributed by atoms with E-state index in [2.05, 4.69) is 15.9 Å². The van der Waals surface area contributed by atoms with Gasteiger partial charge in [-0.25, -0.2) is 4.79 Å². The number of aliphatic hydroxyl groups excluding tert-OH is 2. The lowest BCUT2D eigenvalue weighted by molar-refractivity contribution is -0.139. The molecule has 4 nitrogen and oxygen atoms in total. The molecule has 0 aromatic carbocycles. The van der Waals surface area contributed by atoms with E-state index in [1.165, 1.54) is 0 Å². The number of halogens is 1. The van der Waals surface area contributed by atoms with Crippen LogP contribution in [0.2, 0.25) is 0 Å². The molecule has 5 heteroatoms. The van der Waals surface area contributed by atoms with Gasteiger partial charge in [0.05, 0.1) is 17.5 Å². The lowest BCUT2D eigenvalue weighted by atomic mass is 10.1. The van der Waals surface area contributed by atoms with E-state index >= 15 is 0 Å². The highest BCUT2D eigenvalue weighted by Crippen LogP contribution is 2.23. The molecule has 1 aliphatic carbocycles. The predicted octanol–water partition coefficient (Wildman–Crippen LogP) is 1.23. The molecule has 0 aromatic heterocycles. The summed E-state index contributed by atoms with van der Waals surface area (Å²) in [4.78, 5) is 11.4. The topological polar surface area (TPSA) is 66.8 Å². The Balaban J connectivity index is 2.76. The second kappa shape index (κ2) is 5.72. The third kappa shape index (κ3) is 2.94. The first kappa shape index (κ1) is 12.0. The second-order valence-electron chi connectivity index (χ2n) is 2.79. The zero-order valence-corrected chi connectivity index (χ0v) is 9.53. The van der Waals surface area contributed by atoms with Crippen LogP contribution in [0.3, 0.4) is 0 Å². The number of carbonyl (C=O) groups is 1. The summed E-state index contributed by atoms with van der Waals surface area (Å²) in [5, 5.41) is 18.3. The summed E-state index contributed by atoms with van der Waals surface area (Å²) < 4.78 is 4.74. The Morgan fingerprint density at radius 2 is 2.27 bits per heavy atom. The van der Waals surface area contributed by atoms with Crippen molar-refractivity contribution in [2.24, 2.45) is 0 Å². The van der Waals surface area contributed by atoms with Crippen LogP contribution in [0, 0.1) is 0 Å². The number of ether oxygens (including phenoxy) is 1. The largest absolute Gasteiger partial charge is 0.511 e. The Morgan fingerprint density at radius 3 is 2.87 bits per heavy atom. The van der Waals surface area contributed by atoms with Crippen molar-refractivity contribution in [3.63, 3.8) is 0 Å². The van der Waals surface area contributed by atoms with Crippen molar-refractivity contribution in [1.29, 1.82) is 0 Å². The normalized spacial score (nSPS) is 17.6. The molecule has 1 aliphatic rings. The molecule has 0 aliphatic heterocycles. The van der Waals surface area contributed by atoms with Crippen LogP contribution in [-0.2, 0) is 9.53 Å². The van der Waals surface area contributed by atoms with E-state index in [0.29, 0.717) is 11.1 Å². The fraction of sp³-hybridized carbons (Fsp3) is 0.300. The van der Waals surface area contributed by atoms with E-state index in [4.69, 9.17) is 9.84 Å². The van der Waals surface area contributed by atoms with Crippen molar-refractivity contribution in [2.75, 3.05) is 18.5 Å². The molecular weight excluding hydrogens is 264 g/mol. The highest BCUT2D eigenvalue weighted by atomic mass is 79.9. The van der Waals surface area contributed by atoms with Crippen LogP contribution >= 0.6 is 15.9 Å². The molecule has 15 heavy (non-hydrogen) atoms. The fourth-order valence-electron chi connectivity index (χ4n) is 1.14. The average Bonchev–Trinajstić information content (AvgIpc) is 2.73. The number of esters is 1. The van der Waals surface area contributed by atoms with Gasteiger partial charge in [-0.05, 0) is 6.08 Å². The predicted molar refractivity (Wildman–Crippen MR) is 58.7 cm³/mol. The first-order valence-corrected chi connectivity index (χ1v) is 5.47. The average molecular weight is 275 g/mol. The van der Waals surface area contributed by atoms with Gasteiger partial charge in [-0.3, -0.25) is 0 Å². The van der Waals surface area contributed by atoms with Crippen LogP contribution in [0.25, 0.3) is 0 Å². The lowest BCUT2D eigenvalue weighted by Gasteiger charge is -2.06. The van der Waals surface area contributed by atoms with Gasteiger partial charge in [0.15, 0.2) is 0 Å². The van der Waals surface area contributed by atoms with Crippen LogP contribution < -0.4 is 0 Å². The molecule has 0 aromatic rings. The minimum atomic E-state index is -0.545. The molecule has 0 atom stereocenters. The molecule has 0 saturated carbocycles. The number of carbonyl (C=O) groups excluding carboxylic acids is 1. The fourth-order valence-corrected chi connectivity index (χ4v) is 1.44. The van der Waals surface area contributed by atoms with Gasteiger partial charge in [-0.1, -0.05) is 28.1 Å². The van der Waals surface area contributed by atoms with Crippen LogP contribution in [0.15, 0.2) is 35.1 Å². The third-order valence-corrected chi connectivity index (χ3v) is 2.33. The van der Waals surface area contributed by atoms with Crippen LogP contribution in [0.1, 0.15) is 0 Å². The Labute approximate surface area is 95.7 Å². The smallest absolute Gasteiger partial charge is 0.338 e. The Bertz CT molecular complexity index is 341. The first-order chi connectivity index (χ1) is 7.20. The minimum Gasteiger partial charge on any atom is -0.511 e. The number of hydrogen-bond acceptors (Lipinski definition) is 4. The van der Waals surface area contributed by atoms with Crippen molar-refractivity contribution >= 4 is 21.9 Å². The van der Waals surface area contributed by atoms with Crippen LogP contribution in [0.5, 0.6) is 0 Å². The second-order valence-corrected chi connectivity index (χ2v) is 3.35. The highest BCUT2D eigenvalue weighted by Gasteiger charge is 2.19. The molecule has 82 valence electrons. The summed E-state index contributed by atoms with van der Waals surface area (Å²) in [5.41, 5.74) is 0.759. The van der Waals surface area contributed by atoms with E-state index < -0.39 is 5.97 Å². The van der Waals surface area contributed by atoms with Gasteiger partial charge in [0.2, 0.25) is 0 Å². The maximum absolute atomic E-state index is 11.4. The standard InChI is InChI=1S/C10H11BrO4/c11-6-9(13)7-2-1-3-8(7)10(14)15-5-4-12/h1-3,12-13H,4-6H2/b9-7-. The summed E-state index contributed by atoms with van der Waals surface area (Å²) in [7, 11) is 0. The van der Waals surface area contributed by atoms with Gasteiger partial charge < -0.3 is 14.9 Å². The van der Waals surface area contributed by atoms with Crippen molar-refractivity contribution in [3.05, 3.63) is 35.1 Å². The van der Waals surface area contributed by atoms with Crippen molar-refractivity contribution in [3.8, 4) is 0 Å². The Morgan fingerprint density at radius 1 is 1.53 bits per heavy atom. The van der Waals surface area contributed by atoms with Gasteiger partial charge in [0.1, 0.15) is 12.4 Å². The summed E-state index contributed by atoms with van der Waals surface area (Å²) in [6, 6.07) is 0. The van der Waals surface area contributed by atoms with Gasteiger partial charge in [0.25, 0.3) is 0 Å². The number of aliphatic hydroxyl groups is 2. The molecule has 0 saturated heterocycles. The van der Waals surface area contributed by atoms with Gasteiger partial charge in [-0.15, -0.1) is 0 Å². The molecule has 0 amide bonds. The molecule has 0 radical (unpaired) electrons. The third-order valence-electron chi connectivity index (χ3n) is 1.80. The molecule has 2 N–H and O–H groups in total. The van der Waals surface area contributed by atoms with Crippen molar-refractivity contribution in [1.82, 2.24) is 0 Å². The molecule has 1 rings (SSSR count). The summed E-state index contributed by atoms with van der Waals surface area (Å²) in [6.07, 6.45) is 4.85. The Hall–Kier alpha value is -1.07. The molecular formula is C10H11BrO4. The monoisotopic (exact) mass is 274 g/mol. The zero-order chi connectivity index (χ0) is 11.3. The SMILES string of the molecule is O=C(OCCO)C1=CC=C/C1=C(/O)CBr. The molecule has 0 unspecified atom stereocenters. The van der Waals surface area contributed by atoms with Crippen molar-refractivity contribution in [2.45, 2.75) is 0 Å². The van der Waals surface area contributed by atoms with E-state index in [0.717, 1.165) is 0 Å². The van der Waals surface area contributed by atoms with E-state index in [9.17, 15) is 9.90 Å². The van der Waals surface area contributed by atoms with E-state index in [-0.39, 0.29) is 24.3 Å². The van der Waals surface area contributed by atoms with E-state index in [1.54, 1.807) is 18.2 Å². The van der Waals surface area contributed by atoms with Crippen LogP contribution in [-0.4, -0.2) is 34.7 Å². The summed E-state index contributed by atoms with van der Waals surface area (Å²) in [6.45, 7) is -0.256. The molecule has 0 spiro atoms. The maximum Gasteiger partial charge on any atom is 0.338 e. The first-order valence-electron chi connectivity index (χ1n) is 4.35. The van der Waals surface area contributed by atoms with Gasteiger partial charge in [0, 0.05) is 5.57 Å². The number of alkyl halides is 1. The summed E-state index contributed by atoms with van der Waals surface area (Å²) >= 11 is 3.09. The number of hydrogen-bond donors (Lipinski definition) is 2. The van der Waals surface area contributed by atoms with Crippen molar-refractivity contribution < 1.29 is 19.7 Å². The maximum atomic E-state index is 11.4. The number of rotatable bonds is 4. The van der Waals surface area contributed by atoms with E-state index in [1.807, 2.05) is 0 Å². The van der Waals surface area contributed by atoms with Gasteiger partial charge >= 0.3 is 5.97 Å². The minimum absolute atomic E-state index is 0.0431. The lowest BCUT2D eigenvalue weighted by Crippen LogP contribution is -2.12. The van der Waals surface area contributed by atoms with Crippen LogP contribution in [0.4, 0.5) is 0 Å². The zero-order valence-electron chi connectivity index (χ0n) is 7.94. The van der Waals surface area contributed by atoms with Gasteiger partial charge in [-0.2, -0.15) is 0 Å². The Kier molecular flexibility index (Phi) is 4.58. The highest BCUT2D eigenvalue weighted by molar-refractivity contribution is 9.09.